The van der Waals surface area contributed by atoms with Crippen LogP contribution in [0.2, 0.25) is 0 Å². The van der Waals surface area contributed by atoms with Crippen molar-refractivity contribution in [1.29, 1.82) is 0 Å². The highest BCUT2D eigenvalue weighted by Gasteiger charge is 2.31. The Balaban J connectivity index is 1.53. The van der Waals surface area contributed by atoms with Crippen LogP contribution in [0.1, 0.15) is 18.2 Å². The number of benzene rings is 2. The zero-order chi connectivity index (χ0) is 20.4. The fraction of sp³-hybridized carbons (Fsp3) is 0.227. The summed E-state index contributed by atoms with van der Waals surface area (Å²) in [4.78, 5) is 6.55. The molecule has 2 heterocycles. The van der Waals surface area contributed by atoms with Crippen molar-refractivity contribution in [3.05, 3.63) is 78.1 Å². The van der Waals surface area contributed by atoms with E-state index in [1.165, 1.54) is 12.1 Å². The number of pyridine rings is 1. The van der Waals surface area contributed by atoms with Crippen molar-refractivity contribution in [2.24, 2.45) is 0 Å². The first-order valence-corrected chi connectivity index (χ1v) is 9.17. The molecule has 3 aromatic rings. The zero-order valence-corrected chi connectivity index (χ0v) is 15.7. The molecule has 7 heteroatoms. The summed E-state index contributed by atoms with van der Waals surface area (Å²) in [6, 6.07) is 17.5. The number of ether oxygens (including phenoxy) is 2. The van der Waals surface area contributed by atoms with E-state index in [4.69, 9.17) is 4.74 Å². The highest BCUT2D eigenvalue weighted by Crippen LogP contribution is 2.33. The molecule has 0 amide bonds. The van der Waals surface area contributed by atoms with Crippen LogP contribution in [0.3, 0.4) is 0 Å². The van der Waals surface area contributed by atoms with Crippen LogP contribution in [0.5, 0.6) is 11.5 Å². The van der Waals surface area contributed by atoms with Gasteiger partial charge in [0.15, 0.2) is 0 Å². The lowest BCUT2D eigenvalue weighted by Gasteiger charge is -2.35. The molecular weight excluding hydrogens is 381 g/mol. The average molecular weight is 400 g/mol. The second-order valence-electron chi connectivity index (χ2n) is 6.84. The lowest BCUT2D eigenvalue weighted by Crippen LogP contribution is -2.40. The summed E-state index contributed by atoms with van der Waals surface area (Å²) >= 11 is 0. The van der Waals surface area contributed by atoms with Gasteiger partial charge in [-0.05, 0) is 54.4 Å². The Kier molecular flexibility index (Phi) is 5.15. The molecule has 150 valence electrons. The Hall–Kier alpha value is -3.06. The van der Waals surface area contributed by atoms with Crippen LogP contribution >= 0.6 is 0 Å². The quantitative estimate of drug-likeness (QED) is 0.588. The highest BCUT2D eigenvalue weighted by atomic mass is 19.4. The van der Waals surface area contributed by atoms with Crippen LogP contribution < -0.4 is 9.47 Å². The van der Waals surface area contributed by atoms with Gasteiger partial charge in [0.1, 0.15) is 17.7 Å². The van der Waals surface area contributed by atoms with E-state index in [2.05, 4.69) is 14.6 Å². The Labute approximate surface area is 166 Å². The van der Waals surface area contributed by atoms with Gasteiger partial charge in [-0.2, -0.15) is 0 Å². The minimum atomic E-state index is -4.70. The van der Waals surface area contributed by atoms with Crippen molar-refractivity contribution < 1.29 is 22.6 Å². The van der Waals surface area contributed by atoms with Crippen LogP contribution in [0.4, 0.5) is 13.2 Å². The van der Waals surface area contributed by atoms with Gasteiger partial charge in [0.2, 0.25) is 0 Å². The molecule has 0 saturated heterocycles. The standard InChI is InChI=1S/C22H19F3N2O2/c1-15-27(14-19-4-2-3-11-26-19)13-18-12-17(7-10-21(18)28-15)16-5-8-20(9-6-16)29-22(23,24)25/h2-12,15H,13-14H2,1H3. The highest BCUT2D eigenvalue weighted by molar-refractivity contribution is 5.66. The number of hydrogen-bond donors (Lipinski definition) is 0. The molecule has 2 aromatic carbocycles. The third-order valence-corrected chi connectivity index (χ3v) is 4.76. The molecule has 0 bridgehead atoms. The normalized spacial score (nSPS) is 16.8. The van der Waals surface area contributed by atoms with Crippen molar-refractivity contribution in [3.63, 3.8) is 0 Å². The number of aromatic nitrogens is 1. The summed E-state index contributed by atoms with van der Waals surface area (Å²) in [5.41, 5.74) is 3.69. The van der Waals surface area contributed by atoms with E-state index in [-0.39, 0.29) is 12.0 Å². The van der Waals surface area contributed by atoms with E-state index < -0.39 is 6.36 Å². The lowest BCUT2D eigenvalue weighted by atomic mass is 10.0. The maximum Gasteiger partial charge on any atom is 0.573 e. The predicted octanol–water partition coefficient (Wildman–Crippen LogP) is 5.39. The molecular formula is C22H19F3N2O2. The van der Waals surface area contributed by atoms with E-state index >= 15 is 0 Å². The number of hydrogen-bond acceptors (Lipinski definition) is 4. The molecule has 0 saturated carbocycles. The molecule has 0 radical (unpaired) electrons. The van der Waals surface area contributed by atoms with E-state index in [9.17, 15) is 13.2 Å². The maximum absolute atomic E-state index is 12.3. The molecule has 0 fully saturated rings. The molecule has 1 atom stereocenters. The monoisotopic (exact) mass is 400 g/mol. The van der Waals surface area contributed by atoms with E-state index in [0.717, 1.165) is 28.1 Å². The topological polar surface area (TPSA) is 34.6 Å². The molecule has 1 aliphatic heterocycles. The van der Waals surface area contributed by atoms with E-state index in [1.807, 2.05) is 43.3 Å². The van der Waals surface area contributed by atoms with Gasteiger partial charge in [0.25, 0.3) is 0 Å². The maximum atomic E-state index is 12.3. The van der Waals surface area contributed by atoms with Crippen molar-refractivity contribution in [2.45, 2.75) is 32.6 Å². The third kappa shape index (κ3) is 4.68. The predicted molar refractivity (Wildman–Crippen MR) is 102 cm³/mol. The lowest BCUT2D eigenvalue weighted by molar-refractivity contribution is -0.274. The first-order valence-electron chi connectivity index (χ1n) is 9.17. The first-order chi connectivity index (χ1) is 13.9. The third-order valence-electron chi connectivity index (χ3n) is 4.76. The second-order valence-corrected chi connectivity index (χ2v) is 6.84. The molecule has 0 N–H and O–H groups in total. The zero-order valence-electron chi connectivity index (χ0n) is 15.7. The number of alkyl halides is 3. The summed E-state index contributed by atoms with van der Waals surface area (Å²) in [5, 5.41) is 0. The van der Waals surface area contributed by atoms with Crippen molar-refractivity contribution in [2.75, 3.05) is 0 Å². The smallest absolute Gasteiger partial charge is 0.475 e. The van der Waals surface area contributed by atoms with Gasteiger partial charge in [0.05, 0.1) is 5.69 Å². The Morgan fingerprint density at radius 2 is 1.83 bits per heavy atom. The van der Waals surface area contributed by atoms with Crippen LogP contribution in [0, 0.1) is 0 Å². The first kappa shape index (κ1) is 19.3. The Morgan fingerprint density at radius 3 is 2.52 bits per heavy atom. The van der Waals surface area contributed by atoms with Crippen LogP contribution in [-0.2, 0) is 13.1 Å². The van der Waals surface area contributed by atoms with Gasteiger partial charge in [-0.15, -0.1) is 13.2 Å². The Morgan fingerprint density at radius 1 is 1.07 bits per heavy atom. The minimum Gasteiger partial charge on any atom is -0.475 e. The Bertz CT molecular complexity index is 976. The fourth-order valence-corrected chi connectivity index (χ4v) is 3.34. The summed E-state index contributed by atoms with van der Waals surface area (Å²) in [5.74, 6) is 0.577. The fourth-order valence-electron chi connectivity index (χ4n) is 3.34. The van der Waals surface area contributed by atoms with E-state index in [0.29, 0.717) is 13.1 Å². The number of rotatable bonds is 4. The molecule has 0 spiro atoms. The molecule has 1 aromatic heterocycles. The van der Waals surface area contributed by atoms with Gasteiger partial charge in [-0.3, -0.25) is 9.88 Å². The summed E-state index contributed by atoms with van der Waals surface area (Å²) < 4.78 is 47.0. The summed E-state index contributed by atoms with van der Waals surface area (Å²) in [6.45, 7) is 3.35. The van der Waals surface area contributed by atoms with Gasteiger partial charge >= 0.3 is 6.36 Å². The average Bonchev–Trinajstić information content (AvgIpc) is 2.68. The van der Waals surface area contributed by atoms with Crippen LogP contribution in [-0.4, -0.2) is 22.5 Å². The van der Waals surface area contributed by atoms with Gasteiger partial charge in [0, 0.05) is 24.8 Å². The van der Waals surface area contributed by atoms with Crippen molar-refractivity contribution >= 4 is 0 Å². The second kappa shape index (κ2) is 7.75. The van der Waals surface area contributed by atoms with Gasteiger partial charge in [-0.25, -0.2) is 0 Å². The summed E-state index contributed by atoms with van der Waals surface area (Å²) in [7, 11) is 0. The van der Waals surface area contributed by atoms with Crippen molar-refractivity contribution in [3.8, 4) is 22.6 Å². The molecule has 0 aliphatic carbocycles. The number of fused-ring (bicyclic) bond motifs is 1. The summed E-state index contributed by atoms with van der Waals surface area (Å²) in [6.07, 6.45) is -3.02. The molecule has 4 rings (SSSR count). The van der Waals surface area contributed by atoms with E-state index in [1.54, 1.807) is 18.3 Å². The molecule has 4 nitrogen and oxygen atoms in total. The minimum absolute atomic E-state index is 0.0887. The number of halogens is 3. The molecule has 1 unspecified atom stereocenters. The van der Waals surface area contributed by atoms with Gasteiger partial charge in [-0.1, -0.05) is 24.3 Å². The van der Waals surface area contributed by atoms with Crippen molar-refractivity contribution in [1.82, 2.24) is 9.88 Å². The molecule has 1 aliphatic rings. The SMILES string of the molecule is CC1Oc2ccc(-c3ccc(OC(F)(F)F)cc3)cc2CN1Cc1ccccn1. The number of nitrogens with zero attached hydrogens (tertiary/aromatic N) is 2. The van der Waals surface area contributed by atoms with Crippen LogP contribution in [0.25, 0.3) is 11.1 Å². The van der Waals surface area contributed by atoms with Crippen LogP contribution in [0.15, 0.2) is 66.9 Å². The van der Waals surface area contributed by atoms with Gasteiger partial charge < -0.3 is 9.47 Å². The largest absolute Gasteiger partial charge is 0.573 e. The molecule has 29 heavy (non-hydrogen) atoms.